The Kier molecular flexibility index (Phi) is 7.19. The van der Waals surface area contributed by atoms with Gasteiger partial charge in [0.05, 0.1) is 12.1 Å². The van der Waals surface area contributed by atoms with Gasteiger partial charge in [-0.15, -0.1) is 0 Å². The molecule has 2 fully saturated rings. The Morgan fingerprint density at radius 2 is 1.91 bits per heavy atom. The molecule has 1 atom stereocenters. The van der Waals surface area contributed by atoms with E-state index in [-0.39, 0.29) is 17.6 Å². The second-order valence-electron chi connectivity index (χ2n) is 9.76. The van der Waals surface area contributed by atoms with E-state index in [0.29, 0.717) is 24.7 Å². The third kappa shape index (κ3) is 5.17. The van der Waals surface area contributed by atoms with E-state index < -0.39 is 0 Å². The smallest absolute Gasteiger partial charge is 0.317 e. The second-order valence-corrected chi connectivity index (χ2v) is 9.76. The van der Waals surface area contributed by atoms with Crippen molar-refractivity contribution in [2.24, 2.45) is 0 Å². The van der Waals surface area contributed by atoms with Gasteiger partial charge in [0, 0.05) is 24.2 Å². The van der Waals surface area contributed by atoms with Gasteiger partial charge in [0.15, 0.2) is 0 Å². The molecule has 0 bridgehead atoms. The van der Waals surface area contributed by atoms with E-state index in [1.165, 1.54) is 31.2 Å². The van der Waals surface area contributed by atoms with Crippen molar-refractivity contribution in [3.05, 3.63) is 45.2 Å². The molecule has 2 amide bonds. The Labute approximate surface area is 191 Å². The van der Waals surface area contributed by atoms with Crippen molar-refractivity contribution in [1.29, 1.82) is 0 Å². The van der Waals surface area contributed by atoms with Crippen LogP contribution in [0.15, 0.2) is 23.0 Å². The molecular formula is C26H38N4O2. The lowest BCUT2D eigenvalue weighted by Gasteiger charge is -2.32. The molecule has 1 aliphatic carbocycles. The fourth-order valence-electron chi connectivity index (χ4n) is 5.56. The minimum Gasteiger partial charge on any atom is -0.335 e. The molecule has 0 unspecified atom stereocenters. The highest BCUT2D eigenvalue weighted by atomic mass is 16.2. The van der Waals surface area contributed by atoms with Crippen LogP contribution < -0.4 is 10.9 Å². The van der Waals surface area contributed by atoms with Crippen molar-refractivity contribution in [2.45, 2.75) is 84.3 Å². The second kappa shape index (κ2) is 10.1. The van der Waals surface area contributed by atoms with Crippen LogP contribution in [0.2, 0.25) is 0 Å². The molecule has 2 N–H and O–H groups in total. The van der Waals surface area contributed by atoms with E-state index in [0.717, 1.165) is 48.8 Å². The van der Waals surface area contributed by atoms with E-state index in [2.05, 4.69) is 41.2 Å². The number of carbonyl (C=O) groups excluding carboxylic acids is 1. The van der Waals surface area contributed by atoms with Gasteiger partial charge in [0.2, 0.25) is 0 Å². The van der Waals surface area contributed by atoms with E-state index in [1.54, 1.807) is 0 Å². The molecule has 1 saturated heterocycles. The van der Waals surface area contributed by atoms with Gasteiger partial charge in [-0.2, -0.15) is 0 Å². The van der Waals surface area contributed by atoms with Crippen LogP contribution in [0, 0.1) is 13.8 Å². The van der Waals surface area contributed by atoms with Crippen molar-refractivity contribution in [3.8, 4) is 0 Å². The summed E-state index contributed by atoms with van der Waals surface area (Å²) in [5, 5.41) is 4.31. The van der Waals surface area contributed by atoms with Crippen LogP contribution in [0.5, 0.6) is 0 Å². The molecule has 2 heterocycles. The lowest BCUT2D eigenvalue weighted by atomic mass is 9.96. The van der Waals surface area contributed by atoms with E-state index >= 15 is 0 Å². The number of amides is 2. The van der Waals surface area contributed by atoms with Gasteiger partial charge in [-0.05, 0) is 75.7 Å². The van der Waals surface area contributed by atoms with Crippen LogP contribution in [0.4, 0.5) is 4.79 Å². The number of urea groups is 1. The number of carbonyl (C=O) groups is 1. The first-order valence-electron chi connectivity index (χ1n) is 12.4. The molecule has 1 aliphatic heterocycles. The average Bonchev–Trinajstić information content (AvgIpc) is 3.22. The summed E-state index contributed by atoms with van der Waals surface area (Å²) in [6.07, 6.45) is 8.01. The van der Waals surface area contributed by atoms with Gasteiger partial charge in [-0.25, -0.2) is 4.79 Å². The maximum absolute atomic E-state index is 13.4. The van der Waals surface area contributed by atoms with E-state index in [9.17, 15) is 9.59 Å². The number of hydrogen-bond donors (Lipinski definition) is 2. The minimum absolute atomic E-state index is 0.0280. The van der Waals surface area contributed by atoms with Gasteiger partial charge >= 0.3 is 6.03 Å². The summed E-state index contributed by atoms with van der Waals surface area (Å²) in [4.78, 5) is 33.7. The number of hydrogen-bond acceptors (Lipinski definition) is 3. The minimum atomic E-state index is -0.0984. The first-order chi connectivity index (χ1) is 15.4. The summed E-state index contributed by atoms with van der Waals surface area (Å²) < 4.78 is 0. The molecule has 6 nitrogen and oxygen atoms in total. The number of aromatic nitrogens is 1. The predicted molar refractivity (Wildman–Crippen MR) is 130 cm³/mol. The zero-order chi connectivity index (χ0) is 22.7. The number of nitrogens with zero attached hydrogens (tertiary/aromatic N) is 2. The van der Waals surface area contributed by atoms with E-state index in [4.69, 9.17) is 0 Å². The molecule has 4 rings (SSSR count). The van der Waals surface area contributed by atoms with Gasteiger partial charge in [-0.3, -0.25) is 9.69 Å². The van der Waals surface area contributed by atoms with Crippen LogP contribution in [0.1, 0.15) is 68.6 Å². The Morgan fingerprint density at radius 1 is 1.12 bits per heavy atom. The Bertz CT molecular complexity index is 1010. The first kappa shape index (κ1) is 22.8. The maximum atomic E-state index is 13.4. The van der Waals surface area contributed by atoms with Crippen LogP contribution in [-0.4, -0.2) is 52.5 Å². The number of rotatable bonds is 6. The topological polar surface area (TPSA) is 68.4 Å². The zero-order valence-corrected chi connectivity index (χ0v) is 19.9. The number of benzene rings is 1. The van der Waals surface area contributed by atoms with Crippen LogP contribution >= 0.6 is 0 Å². The molecule has 0 radical (unpaired) electrons. The average molecular weight is 439 g/mol. The lowest BCUT2D eigenvalue weighted by Crippen LogP contribution is -2.50. The Morgan fingerprint density at radius 3 is 2.66 bits per heavy atom. The number of H-pyrrole nitrogens is 1. The number of aromatic amines is 1. The van der Waals surface area contributed by atoms with Crippen LogP contribution in [0.25, 0.3) is 10.9 Å². The molecule has 32 heavy (non-hydrogen) atoms. The van der Waals surface area contributed by atoms with Crippen molar-refractivity contribution < 1.29 is 4.79 Å². The summed E-state index contributed by atoms with van der Waals surface area (Å²) in [5.74, 6) is 0. The van der Waals surface area contributed by atoms with E-state index in [1.807, 2.05) is 17.9 Å². The van der Waals surface area contributed by atoms with Crippen molar-refractivity contribution in [2.75, 3.05) is 19.6 Å². The summed E-state index contributed by atoms with van der Waals surface area (Å²) in [5.41, 5.74) is 3.68. The molecule has 174 valence electrons. The molecule has 1 saturated carbocycles. The van der Waals surface area contributed by atoms with Gasteiger partial charge in [0.25, 0.3) is 5.56 Å². The quantitative estimate of drug-likeness (QED) is 0.699. The molecule has 2 aromatic rings. The van der Waals surface area contributed by atoms with Crippen molar-refractivity contribution >= 4 is 16.9 Å². The number of pyridine rings is 1. The summed E-state index contributed by atoms with van der Waals surface area (Å²) in [6.45, 7) is 9.37. The fraction of sp³-hybridized carbons (Fsp3) is 0.615. The number of likely N-dealkylation sites (tertiary alicyclic amines) is 1. The zero-order valence-electron chi connectivity index (χ0n) is 19.9. The summed E-state index contributed by atoms with van der Waals surface area (Å²) >= 11 is 0. The predicted octanol–water partition coefficient (Wildman–Crippen LogP) is 4.47. The highest BCUT2D eigenvalue weighted by molar-refractivity contribution is 5.83. The maximum Gasteiger partial charge on any atom is 0.317 e. The van der Waals surface area contributed by atoms with Gasteiger partial charge in [0.1, 0.15) is 0 Å². The van der Waals surface area contributed by atoms with Crippen molar-refractivity contribution in [3.63, 3.8) is 0 Å². The number of nitrogens with one attached hydrogen (secondary N) is 2. The summed E-state index contributed by atoms with van der Waals surface area (Å²) in [6, 6.07) is 6.75. The third-order valence-corrected chi connectivity index (χ3v) is 7.29. The molecule has 2 aliphatic rings. The first-order valence-corrected chi connectivity index (χ1v) is 12.4. The highest BCUT2D eigenvalue weighted by Gasteiger charge is 2.29. The van der Waals surface area contributed by atoms with Gasteiger partial charge < -0.3 is 15.2 Å². The highest BCUT2D eigenvalue weighted by Crippen LogP contribution is 2.22. The number of likely N-dealkylation sites (N-methyl/N-ethyl adjacent to an activating group) is 1. The molecule has 6 heteroatoms. The Balaban J connectivity index is 1.59. The number of aryl methyl sites for hydroxylation is 2. The van der Waals surface area contributed by atoms with Crippen LogP contribution in [-0.2, 0) is 6.54 Å². The normalized spacial score (nSPS) is 20.0. The largest absolute Gasteiger partial charge is 0.335 e. The molecule has 1 aromatic heterocycles. The molecule has 1 aromatic carbocycles. The third-order valence-electron chi connectivity index (χ3n) is 7.29. The molecule has 0 spiro atoms. The SMILES string of the molecule is CCN1CCC[C@@H]1CN(Cc1cc2cc(C)cc(C)c2[nH]c1=O)C(=O)NC1CCCCC1. The van der Waals surface area contributed by atoms with Crippen molar-refractivity contribution in [1.82, 2.24) is 20.1 Å². The molecular weight excluding hydrogens is 400 g/mol. The van der Waals surface area contributed by atoms with Gasteiger partial charge in [-0.1, -0.05) is 37.8 Å². The number of fused-ring (bicyclic) bond motifs is 1. The fourth-order valence-corrected chi connectivity index (χ4v) is 5.56. The monoisotopic (exact) mass is 438 g/mol. The van der Waals surface area contributed by atoms with Crippen LogP contribution in [0.3, 0.4) is 0 Å². The standard InChI is InChI=1S/C26H38N4O2/c1-4-29-12-8-11-23(29)17-30(26(32)27-22-9-6-5-7-10-22)16-21-15-20-14-18(2)13-19(3)24(20)28-25(21)31/h13-15,22-23H,4-12,16-17H2,1-3H3,(H,27,32)(H,28,31)/t23-/m1/s1. The lowest BCUT2D eigenvalue weighted by molar-refractivity contribution is 0.159. The summed E-state index contributed by atoms with van der Waals surface area (Å²) in [7, 11) is 0. The Hall–Kier alpha value is -2.34.